The van der Waals surface area contributed by atoms with Gasteiger partial charge in [-0.05, 0) is 54.6 Å². The van der Waals surface area contributed by atoms with E-state index in [0.717, 1.165) is 11.3 Å². The number of anilines is 3. The van der Waals surface area contributed by atoms with Gasteiger partial charge in [0.25, 0.3) is 5.91 Å². The van der Waals surface area contributed by atoms with Gasteiger partial charge in [0.1, 0.15) is 11.6 Å². The summed E-state index contributed by atoms with van der Waals surface area (Å²) in [6.07, 6.45) is 0. The number of thiazole rings is 1. The molecule has 0 aliphatic carbocycles. The molecule has 0 fully saturated rings. The van der Waals surface area contributed by atoms with Gasteiger partial charge in [-0.15, -0.1) is 11.3 Å². The lowest BCUT2D eigenvalue weighted by Gasteiger charge is -2.06. The first-order valence-corrected chi connectivity index (χ1v) is 9.60. The van der Waals surface area contributed by atoms with E-state index in [4.69, 9.17) is 0 Å². The molecule has 1 amide bonds. The maximum Gasteiger partial charge on any atom is 0.255 e. The number of halogens is 2. The lowest BCUT2D eigenvalue weighted by molar-refractivity contribution is 0.102. The van der Waals surface area contributed by atoms with Crippen LogP contribution in [0.2, 0.25) is 0 Å². The Hall–Kier alpha value is -3.58. The average molecular weight is 407 g/mol. The standard InChI is InChI=1S/C22H15F2N3OS/c23-16-8-4-15(5-9-16)21(28)25-18-10-6-14(7-11-18)20-13-29-22(27-20)26-19-3-1-2-17(24)12-19/h1-13H,(H,25,28)(H,26,27). The highest BCUT2D eigenvalue weighted by atomic mass is 32.1. The fourth-order valence-electron chi connectivity index (χ4n) is 2.68. The number of nitrogens with zero attached hydrogens (tertiary/aromatic N) is 1. The molecule has 144 valence electrons. The van der Waals surface area contributed by atoms with Crippen molar-refractivity contribution in [1.29, 1.82) is 0 Å². The molecule has 7 heteroatoms. The Balaban J connectivity index is 1.43. The van der Waals surface area contributed by atoms with Gasteiger partial charge in [-0.2, -0.15) is 0 Å². The summed E-state index contributed by atoms with van der Waals surface area (Å²) in [7, 11) is 0. The number of amides is 1. The first-order chi connectivity index (χ1) is 14.1. The van der Waals surface area contributed by atoms with Crippen molar-refractivity contribution in [1.82, 2.24) is 4.98 Å². The Morgan fingerprint density at radius 2 is 1.62 bits per heavy atom. The van der Waals surface area contributed by atoms with Gasteiger partial charge in [-0.1, -0.05) is 18.2 Å². The fraction of sp³-hybridized carbons (Fsp3) is 0. The average Bonchev–Trinajstić information content (AvgIpc) is 3.17. The summed E-state index contributed by atoms with van der Waals surface area (Å²) in [5, 5.41) is 8.40. The summed E-state index contributed by atoms with van der Waals surface area (Å²) in [5.41, 5.74) is 3.28. The zero-order valence-electron chi connectivity index (χ0n) is 15.0. The van der Waals surface area contributed by atoms with E-state index in [1.165, 1.54) is 47.7 Å². The van der Waals surface area contributed by atoms with Crippen LogP contribution in [0.25, 0.3) is 11.3 Å². The van der Waals surface area contributed by atoms with Crippen molar-refractivity contribution in [2.75, 3.05) is 10.6 Å². The molecule has 0 radical (unpaired) electrons. The zero-order valence-corrected chi connectivity index (χ0v) is 15.8. The van der Waals surface area contributed by atoms with Gasteiger partial charge in [-0.25, -0.2) is 13.8 Å². The van der Waals surface area contributed by atoms with Crippen LogP contribution in [0, 0.1) is 11.6 Å². The molecule has 0 bridgehead atoms. The second-order valence-corrected chi connectivity index (χ2v) is 7.07. The predicted octanol–water partition coefficient (Wildman–Crippen LogP) is 6.08. The Labute approximate surface area is 169 Å². The molecule has 2 N–H and O–H groups in total. The van der Waals surface area contributed by atoms with Gasteiger partial charge in [0.15, 0.2) is 5.13 Å². The molecule has 0 aliphatic heterocycles. The normalized spacial score (nSPS) is 10.6. The molecule has 0 aliphatic rings. The fourth-order valence-corrected chi connectivity index (χ4v) is 3.42. The Bertz CT molecular complexity index is 1140. The molecule has 0 spiro atoms. The van der Waals surface area contributed by atoms with E-state index in [9.17, 15) is 13.6 Å². The topological polar surface area (TPSA) is 54.0 Å². The molecule has 3 aromatic carbocycles. The van der Waals surface area contributed by atoms with Crippen LogP contribution < -0.4 is 10.6 Å². The minimum Gasteiger partial charge on any atom is -0.331 e. The van der Waals surface area contributed by atoms with E-state index in [1.54, 1.807) is 24.3 Å². The van der Waals surface area contributed by atoms with Gasteiger partial charge in [0.2, 0.25) is 0 Å². The summed E-state index contributed by atoms with van der Waals surface area (Å²) >= 11 is 1.41. The summed E-state index contributed by atoms with van der Waals surface area (Å²) in [6, 6.07) is 18.8. The lowest BCUT2D eigenvalue weighted by atomic mass is 10.1. The number of carbonyl (C=O) groups excluding carboxylic acids is 1. The van der Waals surface area contributed by atoms with Gasteiger partial charge in [0.05, 0.1) is 5.69 Å². The lowest BCUT2D eigenvalue weighted by Crippen LogP contribution is -2.11. The first-order valence-electron chi connectivity index (χ1n) is 8.72. The molecule has 4 nitrogen and oxygen atoms in total. The van der Waals surface area contributed by atoms with Crippen LogP contribution in [0.5, 0.6) is 0 Å². The highest BCUT2D eigenvalue weighted by Crippen LogP contribution is 2.28. The van der Waals surface area contributed by atoms with Crippen LogP contribution in [0.4, 0.5) is 25.3 Å². The van der Waals surface area contributed by atoms with E-state index < -0.39 is 0 Å². The second kappa shape index (κ2) is 8.20. The zero-order chi connectivity index (χ0) is 20.2. The van der Waals surface area contributed by atoms with Crippen molar-refractivity contribution in [2.24, 2.45) is 0 Å². The van der Waals surface area contributed by atoms with Crippen LogP contribution in [0.15, 0.2) is 78.2 Å². The number of benzene rings is 3. The largest absolute Gasteiger partial charge is 0.331 e. The molecule has 0 saturated heterocycles. The summed E-state index contributed by atoms with van der Waals surface area (Å²) in [4.78, 5) is 16.7. The van der Waals surface area contributed by atoms with Crippen LogP contribution in [-0.2, 0) is 0 Å². The maximum atomic E-state index is 13.3. The Morgan fingerprint density at radius 1 is 0.862 bits per heavy atom. The summed E-state index contributed by atoms with van der Waals surface area (Å²) in [5.74, 6) is -1.02. The van der Waals surface area contributed by atoms with Crippen molar-refractivity contribution >= 4 is 33.8 Å². The molecule has 0 unspecified atom stereocenters. The Kier molecular flexibility index (Phi) is 5.31. The molecule has 0 atom stereocenters. The molecule has 1 aromatic heterocycles. The van der Waals surface area contributed by atoms with Gasteiger partial charge in [-0.3, -0.25) is 4.79 Å². The van der Waals surface area contributed by atoms with E-state index >= 15 is 0 Å². The van der Waals surface area contributed by atoms with Crippen molar-refractivity contribution in [3.63, 3.8) is 0 Å². The van der Waals surface area contributed by atoms with Crippen LogP contribution >= 0.6 is 11.3 Å². The molecule has 4 aromatic rings. The SMILES string of the molecule is O=C(Nc1ccc(-c2csc(Nc3cccc(F)c3)n2)cc1)c1ccc(F)cc1. The smallest absolute Gasteiger partial charge is 0.255 e. The predicted molar refractivity (Wildman–Crippen MR) is 112 cm³/mol. The minimum atomic E-state index is -0.388. The van der Waals surface area contributed by atoms with Crippen molar-refractivity contribution in [2.45, 2.75) is 0 Å². The Morgan fingerprint density at radius 3 is 2.34 bits per heavy atom. The van der Waals surface area contributed by atoms with Crippen molar-refractivity contribution in [3.05, 3.63) is 95.4 Å². The second-order valence-electron chi connectivity index (χ2n) is 6.21. The maximum absolute atomic E-state index is 13.3. The number of rotatable bonds is 5. The van der Waals surface area contributed by atoms with Crippen LogP contribution in [0.3, 0.4) is 0 Å². The van der Waals surface area contributed by atoms with E-state index in [0.29, 0.717) is 22.1 Å². The molecule has 29 heavy (non-hydrogen) atoms. The molecule has 4 rings (SSSR count). The highest BCUT2D eigenvalue weighted by Gasteiger charge is 2.08. The molecule has 0 saturated carbocycles. The van der Waals surface area contributed by atoms with E-state index in [2.05, 4.69) is 15.6 Å². The third kappa shape index (κ3) is 4.64. The van der Waals surface area contributed by atoms with Crippen molar-refractivity contribution in [3.8, 4) is 11.3 Å². The van der Waals surface area contributed by atoms with Gasteiger partial charge >= 0.3 is 0 Å². The summed E-state index contributed by atoms with van der Waals surface area (Å²) in [6.45, 7) is 0. The van der Waals surface area contributed by atoms with Gasteiger partial charge in [0, 0.05) is 27.9 Å². The third-order valence-corrected chi connectivity index (χ3v) is 4.88. The van der Waals surface area contributed by atoms with Gasteiger partial charge < -0.3 is 10.6 Å². The van der Waals surface area contributed by atoms with E-state index in [1.807, 2.05) is 17.5 Å². The van der Waals surface area contributed by atoms with Crippen LogP contribution in [0.1, 0.15) is 10.4 Å². The molecular formula is C22H15F2N3OS. The quantitative estimate of drug-likeness (QED) is 0.421. The number of hydrogen-bond donors (Lipinski definition) is 2. The first kappa shape index (κ1) is 18.8. The number of carbonyl (C=O) groups is 1. The monoisotopic (exact) mass is 407 g/mol. The number of hydrogen-bond acceptors (Lipinski definition) is 4. The van der Waals surface area contributed by atoms with Crippen LogP contribution in [-0.4, -0.2) is 10.9 Å². The summed E-state index contributed by atoms with van der Waals surface area (Å²) < 4.78 is 26.3. The number of nitrogens with one attached hydrogen (secondary N) is 2. The van der Waals surface area contributed by atoms with E-state index in [-0.39, 0.29) is 17.5 Å². The third-order valence-electron chi connectivity index (χ3n) is 4.13. The molecule has 1 heterocycles. The van der Waals surface area contributed by atoms with Crippen molar-refractivity contribution < 1.29 is 13.6 Å². The number of aromatic nitrogens is 1. The molecular weight excluding hydrogens is 392 g/mol. The minimum absolute atomic E-state index is 0.312. The highest BCUT2D eigenvalue weighted by molar-refractivity contribution is 7.14.